The van der Waals surface area contributed by atoms with Crippen molar-refractivity contribution in [2.24, 2.45) is 11.8 Å². The SMILES string of the molecule is C[Si](C)(C)c1cnc(-c2[c-]cccc2)cc1CC1CCCCC1.[Ir].[c-]1ccc2c(oc3nc(-c4ccccc4)ccc32)c1-c1cc(CC2CCCC2)ccn1. The molecule has 2 saturated carbocycles. The topological polar surface area (TPSA) is 51.8 Å². The minimum atomic E-state index is -1.36. The van der Waals surface area contributed by atoms with Crippen LogP contribution in [0.3, 0.4) is 0 Å². The summed E-state index contributed by atoms with van der Waals surface area (Å²) < 4.78 is 6.29. The number of hydrogen-bond acceptors (Lipinski definition) is 4. The normalized spacial score (nSPS) is 15.1. The van der Waals surface area contributed by atoms with E-state index in [4.69, 9.17) is 14.4 Å². The van der Waals surface area contributed by atoms with Crippen LogP contribution in [0.25, 0.3) is 55.8 Å². The van der Waals surface area contributed by atoms with E-state index in [2.05, 4.69) is 104 Å². The van der Waals surface area contributed by atoms with Gasteiger partial charge in [0.15, 0.2) is 0 Å². The van der Waals surface area contributed by atoms with E-state index in [0.717, 1.165) is 68.4 Å². The first-order valence-electron chi connectivity index (χ1n) is 20.1. The zero-order valence-electron chi connectivity index (χ0n) is 32.4. The van der Waals surface area contributed by atoms with E-state index in [9.17, 15) is 0 Å². The van der Waals surface area contributed by atoms with Crippen LogP contribution in [-0.4, -0.2) is 23.0 Å². The molecule has 4 aromatic heterocycles. The van der Waals surface area contributed by atoms with Crippen LogP contribution in [0, 0.1) is 24.0 Å². The molecule has 9 rings (SSSR count). The largest absolute Gasteiger partial charge is 0.486 e. The van der Waals surface area contributed by atoms with Crippen molar-refractivity contribution in [3.63, 3.8) is 0 Å². The molecule has 0 N–H and O–H groups in total. The Morgan fingerprint density at radius 2 is 1.42 bits per heavy atom. The number of fused-ring (bicyclic) bond motifs is 3. The number of pyridine rings is 3. The maximum atomic E-state index is 6.29. The average Bonchev–Trinajstić information content (AvgIpc) is 3.86. The number of furan rings is 1. The van der Waals surface area contributed by atoms with Gasteiger partial charge in [0, 0.05) is 43.4 Å². The summed E-state index contributed by atoms with van der Waals surface area (Å²) in [5.74, 6) is 1.68. The summed E-state index contributed by atoms with van der Waals surface area (Å²) in [5, 5.41) is 3.62. The fraction of sp³-hybridized carbons (Fsp3) is 0.327. The second-order valence-electron chi connectivity index (χ2n) is 16.5. The predicted octanol–water partition coefficient (Wildman–Crippen LogP) is 12.5. The van der Waals surface area contributed by atoms with Crippen molar-refractivity contribution in [3.05, 3.63) is 133 Å². The van der Waals surface area contributed by atoms with E-state index in [1.165, 1.54) is 69.8 Å². The third kappa shape index (κ3) is 9.26. The molecule has 0 unspecified atom stereocenters. The molecule has 0 atom stereocenters. The van der Waals surface area contributed by atoms with Crippen molar-refractivity contribution in [1.29, 1.82) is 0 Å². The van der Waals surface area contributed by atoms with Gasteiger partial charge >= 0.3 is 0 Å². The Labute approximate surface area is 341 Å². The predicted molar refractivity (Wildman–Crippen MR) is 226 cm³/mol. The number of rotatable bonds is 8. The van der Waals surface area contributed by atoms with Gasteiger partial charge in [-0.2, -0.15) is 0 Å². The molecule has 7 aromatic rings. The maximum Gasteiger partial charge on any atom is 0.216 e. The van der Waals surface area contributed by atoms with E-state index in [1.807, 2.05) is 42.6 Å². The zero-order chi connectivity index (χ0) is 36.9. The van der Waals surface area contributed by atoms with Crippen LogP contribution in [0.2, 0.25) is 19.6 Å². The molecule has 4 nitrogen and oxygen atoms in total. The Hall–Kier alpha value is -4.22. The standard InChI is InChI=1S/C28H23N2O.C21H28NSi.Ir/c1-2-9-21(10-3-1)25-14-13-23-22-11-6-12-24(27(22)31-28(23)30-25)26-18-20(15-16-29-26)17-19-7-4-5-8-19;1-23(2,3)21-16-22-20(18-12-8-5-9-13-18)15-19(21)14-17-10-6-4-7-11-17;/h1-3,6,9-11,13-16,18-19H,4-5,7-8,17H2;5,8-9,12,15-17H,4,6-7,10-11,14H2,1-3H3;/q2*-1;. The van der Waals surface area contributed by atoms with E-state index < -0.39 is 8.07 Å². The van der Waals surface area contributed by atoms with Gasteiger partial charge in [-0.25, -0.2) is 4.98 Å². The smallest absolute Gasteiger partial charge is 0.216 e. The monoisotopic (exact) mass is 918 g/mol. The van der Waals surface area contributed by atoms with E-state index in [0.29, 0.717) is 5.71 Å². The number of hydrogen-bond donors (Lipinski definition) is 0. The van der Waals surface area contributed by atoms with Crippen LogP contribution in [-0.2, 0) is 32.9 Å². The van der Waals surface area contributed by atoms with E-state index in [-0.39, 0.29) is 20.1 Å². The van der Waals surface area contributed by atoms with Gasteiger partial charge in [-0.05, 0) is 59.5 Å². The molecule has 4 heterocycles. The first-order valence-corrected chi connectivity index (χ1v) is 23.6. The molecule has 0 amide bonds. The summed E-state index contributed by atoms with van der Waals surface area (Å²) in [7, 11) is -1.36. The van der Waals surface area contributed by atoms with Crippen LogP contribution in [0.5, 0.6) is 0 Å². The van der Waals surface area contributed by atoms with E-state index in [1.54, 1.807) is 10.8 Å². The van der Waals surface area contributed by atoms with E-state index >= 15 is 0 Å². The molecule has 2 aliphatic rings. The maximum absolute atomic E-state index is 6.29. The van der Waals surface area contributed by atoms with Crippen LogP contribution < -0.4 is 5.19 Å². The molecule has 3 aromatic carbocycles. The van der Waals surface area contributed by atoms with Gasteiger partial charge in [0.1, 0.15) is 0 Å². The van der Waals surface area contributed by atoms with Gasteiger partial charge in [0.25, 0.3) is 0 Å². The number of benzene rings is 3. The molecular formula is C49H51IrN3OSi-2. The van der Waals surface area contributed by atoms with Crippen molar-refractivity contribution in [1.82, 2.24) is 15.0 Å². The first-order chi connectivity index (χ1) is 26.4. The summed E-state index contributed by atoms with van der Waals surface area (Å²) >= 11 is 0. The average molecular weight is 918 g/mol. The molecule has 1 radical (unpaired) electrons. The first kappa shape index (κ1) is 39.0. The Balaban J connectivity index is 0.000000174. The van der Waals surface area contributed by atoms with Crippen molar-refractivity contribution >= 4 is 35.3 Å². The molecular weight excluding hydrogens is 867 g/mol. The van der Waals surface area contributed by atoms with Crippen LogP contribution in [0.15, 0.2) is 114 Å². The van der Waals surface area contributed by atoms with Crippen molar-refractivity contribution in [2.45, 2.75) is 90.3 Å². The van der Waals surface area contributed by atoms with Gasteiger partial charge in [-0.3, -0.25) is 0 Å². The summed E-state index contributed by atoms with van der Waals surface area (Å²) in [6, 6.07) is 39.9. The third-order valence-corrected chi connectivity index (χ3v) is 13.5. The Bertz CT molecular complexity index is 2320. The third-order valence-electron chi connectivity index (χ3n) is 11.5. The summed E-state index contributed by atoms with van der Waals surface area (Å²) in [5.41, 5.74) is 10.4. The molecule has 283 valence electrons. The molecule has 6 heteroatoms. The summed E-state index contributed by atoms with van der Waals surface area (Å²) in [4.78, 5) is 14.2. The fourth-order valence-corrected chi connectivity index (χ4v) is 10.2. The second kappa shape index (κ2) is 17.7. The summed E-state index contributed by atoms with van der Waals surface area (Å²) in [6.45, 7) is 7.30. The second-order valence-corrected chi connectivity index (χ2v) is 21.5. The van der Waals surface area contributed by atoms with Crippen LogP contribution >= 0.6 is 0 Å². The Kier molecular flexibility index (Phi) is 12.6. The molecule has 2 aliphatic carbocycles. The molecule has 0 bridgehead atoms. The number of aromatic nitrogens is 3. The van der Waals surface area contributed by atoms with Crippen molar-refractivity contribution < 1.29 is 24.5 Å². The molecule has 2 fully saturated rings. The van der Waals surface area contributed by atoms with Crippen molar-refractivity contribution in [2.75, 3.05) is 0 Å². The fourth-order valence-electron chi connectivity index (χ4n) is 8.61. The number of nitrogens with zero attached hydrogens (tertiary/aromatic N) is 3. The minimum absolute atomic E-state index is 0. The van der Waals surface area contributed by atoms with Crippen molar-refractivity contribution in [3.8, 4) is 33.8 Å². The van der Waals surface area contributed by atoms with Gasteiger partial charge in [0.05, 0.1) is 19.4 Å². The summed E-state index contributed by atoms with van der Waals surface area (Å²) in [6.07, 6.45) is 18.9. The Morgan fingerprint density at radius 3 is 2.16 bits per heavy atom. The van der Waals surface area contributed by atoms with Gasteiger partial charge < -0.3 is 14.4 Å². The molecule has 0 saturated heterocycles. The molecule has 0 aliphatic heterocycles. The van der Waals surface area contributed by atoms with Gasteiger partial charge in [-0.1, -0.05) is 142 Å². The van der Waals surface area contributed by atoms with Gasteiger partial charge in [-0.15, -0.1) is 54.1 Å². The van der Waals surface area contributed by atoms with Gasteiger partial charge in [0.2, 0.25) is 5.71 Å². The quantitative estimate of drug-likeness (QED) is 0.113. The van der Waals surface area contributed by atoms with Crippen LogP contribution in [0.4, 0.5) is 0 Å². The molecule has 55 heavy (non-hydrogen) atoms. The molecule has 0 spiro atoms. The van der Waals surface area contributed by atoms with Crippen LogP contribution in [0.1, 0.15) is 68.9 Å². The Morgan fingerprint density at radius 1 is 0.673 bits per heavy atom. The zero-order valence-corrected chi connectivity index (χ0v) is 35.8. The minimum Gasteiger partial charge on any atom is -0.486 e.